The number of hydrogen-bond donors (Lipinski definition) is 0. The van der Waals surface area contributed by atoms with Gasteiger partial charge in [-0.05, 0) is 35.6 Å². The summed E-state index contributed by atoms with van der Waals surface area (Å²) >= 11 is 0. The fraction of sp³-hybridized carbons (Fsp3) is 0.333. The second kappa shape index (κ2) is 7.30. The molecule has 0 fully saturated rings. The topological polar surface area (TPSA) is 9.23 Å². The van der Waals surface area contributed by atoms with Crippen molar-refractivity contribution in [2.24, 2.45) is 0 Å². The Labute approximate surface area is 125 Å². The maximum absolute atomic E-state index is 5.34. The first-order valence-electron chi connectivity index (χ1n) is 7.35. The van der Waals surface area contributed by atoms with Gasteiger partial charge in [-0.3, -0.25) is 0 Å². The van der Waals surface area contributed by atoms with Gasteiger partial charge in [-0.25, -0.2) is 0 Å². The van der Waals surface area contributed by atoms with Crippen LogP contribution in [0.2, 0.25) is 0 Å². The highest BCUT2D eigenvalue weighted by Crippen LogP contribution is 2.34. The molecule has 0 N–H and O–H groups in total. The number of aryl methyl sites for hydroxylation is 1. The lowest BCUT2D eigenvalue weighted by atomic mass is 9.90. The predicted molar refractivity (Wildman–Crippen MR) is 86.3 cm³/mol. The third-order valence-electron chi connectivity index (χ3n) is 3.58. The lowest BCUT2D eigenvalue weighted by Crippen LogP contribution is -1.99. The lowest BCUT2D eigenvalue weighted by molar-refractivity contribution is 0.618. The summed E-state index contributed by atoms with van der Waals surface area (Å²) in [5.41, 5.74) is 5.39. The molecule has 0 amide bonds. The molecule has 1 nitrogen and oxygen atoms in total. The van der Waals surface area contributed by atoms with Gasteiger partial charge in [0.1, 0.15) is 5.75 Å². The largest absolute Gasteiger partial charge is 0.540 e. The highest BCUT2D eigenvalue weighted by molar-refractivity contribution is 6.00. The summed E-state index contributed by atoms with van der Waals surface area (Å²) in [4.78, 5) is 0. The molecule has 20 heavy (non-hydrogen) atoms. The molecule has 0 aliphatic rings. The number of hydrogen-bond acceptors (Lipinski definition) is 1. The zero-order chi connectivity index (χ0) is 14.4. The highest BCUT2D eigenvalue weighted by atomic mass is 28.2. The molecular formula is C18H21OSi. The van der Waals surface area contributed by atoms with Crippen LogP contribution in [0.3, 0.4) is 0 Å². The van der Waals surface area contributed by atoms with E-state index in [-0.39, 0.29) is 0 Å². The Balaban J connectivity index is 2.57. The van der Waals surface area contributed by atoms with E-state index in [9.17, 15) is 0 Å². The van der Waals surface area contributed by atoms with Crippen molar-refractivity contribution in [1.82, 2.24) is 0 Å². The SMILES string of the molecule is CCCc1cccc(-c2ccccc2O[Si])c1CCC. The second-order valence-electron chi connectivity index (χ2n) is 5.04. The average molecular weight is 281 g/mol. The van der Waals surface area contributed by atoms with E-state index in [4.69, 9.17) is 4.43 Å². The number of rotatable bonds is 6. The number of benzene rings is 2. The molecule has 0 atom stereocenters. The smallest absolute Gasteiger partial charge is 0.341 e. The fourth-order valence-electron chi connectivity index (χ4n) is 2.71. The van der Waals surface area contributed by atoms with Crippen LogP contribution in [-0.4, -0.2) is 10.5 Å². The highest BCUT2D eigenvalue weighted by Gasteiger charge is 2.12. The molecule has 103 valence electrons. The van der Waals surface area contributed by atoms with Gasteiger partial charge in [0.05, 0.1) is 0 Å². The third kappa shape index (κ3) is 3.13. The maximum Gasteiger partial charge on any atom is 0.341 e. The van der Waals surface area contributed by atoms with Gasteiger partial charge in [-0.1, -0.05) is 63.1 Å². The molecule has 0 heterocycles. The summed E-state index contributed by atoms with van der Waals surface area (Å²) in [6.07, 6.45) is 4.59. The van der Waals surface area contributed by atoms with Crippen LogP contribution in [-0.2, 0) is 12.8 Å². The summed E-state index contributed by atoms with van der Waals surface area (Å²) in [6, 6.07) is 14.8. The van der Waals surface area contributed by atoms with Crippen molar-refractivity contribution in [2.75, 3.05) is 0 Å². The quantitative estimate of drug-likeness (QED) is 0.696. The first-order valence-corrected chi connectivity index (χ1v) is 7.76. The van der Waals surface area contributed by atoms with Gasteiger partial charge in [-0.15, -0.1) is 0 Å². The Kier molecular flexibility index (Phi) is 5.42. The first-order chi connectivity index (χ1) is 9.81. The van der Waals surface area contributed by atoms with E-state index in [0.717, 1.165) is 30.6 Å². The molecule has 0 aliphatic carbocycles. The Morgan fingerprint density at radius 1 is 0.850 bits per heavy atom. The summed E-state index contributed by atoms with van der Waals surface area (Å²) in [5.74, 6) is 0.871. The summed E-state index contributed by atoms with van der Waals surface area (Å²) < 4.78 is 5.34. The van der Waals surface area contributed by atoms with Crippen LogP contribution in [0.25, 0.3) is 11.1 Å². The van der Waals surface area contributed by atoms with Crippen molar-refractivity contribution in [3.05, 3.63) is 53.6 Å². The van der Waals surface area contributed by atoms with Gasteiger partial charge in [-0.2, -0.15) is 0 Å². The normalized spacial score (nSPS) is 10.6. The summed E-state index contributed by atoms with van der Waals surface area (Å²) in [6.45, 7) is 4.47. The van der Waals surface area contributed by atoms with E-state index in [1.54, 1.807) is 0 Å². The van der Waals surface area contributed by atoms with Gasteiger partial charge < -0.3 is 4.43 Å². The standard InChI is InChI=1S/C18H21OSi/c1-3-8-14-10-7-12-16(15(14)9-4-2)17-11-5-6-13-18(17)19-20/h5-7,10-13H,3-4,8-9H2,1-2H3. The molecule has 0 aromatic heterocycles. The summed E-state index contributed by atoms with van der Waals surface area (Å²) in [7, 11) is 3.17. The molecule has 2 aromatic rings. The van der Waals surface area contributed by atoms with Crippen LogP contribution >= 0.6 is 0 Å². The maximum atomic E-state index is 5.34. The van der Waals surface area contributed by atoms with Crippen molar-refractivity contribution in [1.29, 1.82) is 0 Å². The molecule has 0 saturated carbocycles. The van der Waals surface area contributed by atoms with E-state index in [1.807, 2.05) is 12.1 Å². The average Bonchev–Trinajstić information content (AvgIpc) is 2.49. The van der Waals surface area contributed by atoms with Crippen molar-refractivity contribution in [2.45, 2.75) is 39.5 Å². The molecule has 0 unspecified atom stereocenters. The monoisotopic (exact) mass is 281 g/mol. The van der Waals surface area contributed by atoms with Gasteiger partial charge in [0.2, 0.25) is 0 Å². The molecule has 2 heteroatoms. The fourth-order valence-corrected chi connectivity index (χ4v) is 2.89. The zero-order valence-corrected chi connectivity index (χ0v) is 13.3. The second-order valence-corrected chi connectivity index (χ2v) is 5.25. The van der Waals surface area contributed by atoms with Gasteiger partial charge in [0.25, 0.3) is 0 Å². The van der Waals surface area contributed by atoms with E-state index in [0.29, 0.717) is 0 Å². The molecule has 0 saturated heterocycles. The van der Waals surface area contributed by atoms with Crippen LogP contribution in [0.4, 0.5) is 0 Å². The lowest BCUT2D eigenvalue weighted by Gasteiger charge is -2.16. The molecule has 0 aliphatic heterocycles. The van der Waals surface area contributed by atoms with Crippen LogP contribution in [0.15, 0.2) is 42.5 Å². The van der Waals surface area contributed by atoms with Crippen LogP contribution in [0.5, 0.6) is 5.75 Å². The van der Waals surface area contributed by atoms with Crippen molar-refractivity contribution < 1.29 is 4.43 Å². The van der Waals surface area contributed by atoms with Crippen molar-refractivity contribution in [3.8, 4) is 16.9 Å². The minimum absolute atomic E-state index is 0.871. The van der Waals surface area contributed by atoms with Crippen molar-refractivity contribution >= 4 is 10.5 Å². The van der Waals surface area contributed by atoms with E-state index < -0.39 is 0 Å². The molecular weight excluding hydrogens is 260 g/mol. The molecule has 2 aromatic carbocycles. The Morgan fingerprint density at radius 2 is 1.55 bits per heavy atom. The Bertz CT molecular complexity index is 563. The minimum Gasteiger partial charge on any atom is -0.540 e. The van der Waals surface area contributed by atoms with Gasteiger partial charge in [0.15, 0.2) is 0 Å². The third-order valence-corrected chi connectivity index (χ3v) is 3.80. The predicted octanol–water partition coefficient (Wildman–Crippen LogP) is 4.72. The van der Waals surface area contributed by atoms with Crippen molar-refractivity contribution in [3.63, 3.8) is 0 Å². The Morgan fingerprint density at radius 3 is 2.25 bits per heavy atom. The van der Waals surface area contributed by atoms with Crippen LogP contribution in [0, 0.1) is 0 Å². The van der Waals surface area contributed by atoms with Crippen LogP contribution < -0.4 is 4.43 Å². The van der Waals surface area contributed by atoms with E-state index in [2.05, 4.69) is 54.7 Å². The number of para-hydroxylation sites is 1. The first kappa shape index (κ1) is 14.9. The molecule has 0 spiro atoms. The molecule has 0 bridgehead atoms. The van der Waals surface area contributed by atoms with Gasteiger partial charge >= 0.3 is 10.5 Å². The summed E-state index contributed by atoms with van der Waals surface area (Å²) in [5, 5.41) is 0. The molecule has 3 radical (unpaired) electrons. The Hall–Kier alpha value is -1.54. The van der Waals surface area contributed by atoms with E-state index >= 15 is 0 Å². The molecule has 2 rings (SSSR count). The minimum atomic E-state index is 0.871. The van der Waals surface area contributed by atoms with Gasteiger partial charge in [0, 0.05) is 5.56 Å². The van der Waals surface area contributed by atoms with E-state index in [1.165, 1.54) is 23.1 Å². The van der Waals surface area contributed by atoms with Crippen LogP contribution in [0.1, 0.15) is 37.8 Å². The zero-order valence-electron chi connectivity index (χ0n) is 12.3.